The van der Waals surface area contributed by atoms with Crippen molar-refractivity contribution in [3.05, 3.63) is 40.1 Å². The SMILES string of the molecule is CCC.CCC.Cc1cc(C)c(-c2nn(C)c(C(F)(F)F)c2C(F)(F)F)cc1CO. The third-order valence-corrected chi connectivity index (χ3v) is 3.71. The van der Waals surface area contributed by atoms with Crippen molar-refractivity contribution < 1.29 is 31.4 Å². The second-order valence-corrected chi connectivity index (χ2v) is 6.86. The van der Waals surface area contributed by atoms with Gasteiger partial charge in [-0.15, -0.1) is 0 Å². The number of aliphatic hydroxyl groups is 1. The van der Waals surface area contributed by atoms with Gasteiger partial charge in [-0.25, -0.2) is 0 Å². The molecular formula is C21H30F6N2O. The Morgan fingerprint density at radius 1 is 0.867 bits per heavy atom. The Balaban J connectivity index is 0.00000125. The van der Waals surface area contributed by atoms with E-state index in [9.17, 15) is 31.4 Å². The number of aryl methyl sites for hydroxylation is 3. The largest absolute Gasteiger partial charge is 0.433 e. The van der Waals surface area contributed by atoms with Crippen molar-refractivity contribution in [1.82, 2.24) is 9.78 Å². The predicted octanol–water partition coefficient (Wildman–Crippen LogP) is 7.07. The minimum atomic E-state index is -5.23. The zero-order valence-electron chi connectivity index (χ0n) is 18.4. The Kier molecular flexibility index (Phi) is 10.6. The van der Waals surface area contributed by atoms with Gasteiger partial charge in [-0.1, -0.05) is 46.6 Å². The normalized spacial score (nSPS) is 11.4. The van der Waals surface area contributed by atoms with Gasteiger partial charge in [0.2, 0.25) is 0 Å². The van der Waals surface area contributed by atoms with E-state index in [2.05, 4.69) is 32.8 Å². The molecule has 30 heavy (non-hydrogen) atoms. The highest BCUT2D eigenvalue weighted by atomic mass is 19.4. The maximum atomic E-state index is 13.3. The maximum Gasteiger partial charge on any atom is 0.433 e. The van der Waals surface area contributed by atoms with Crippen LogP contribution < -0.4 is 0 Å². The van der Waals surface area contributed by atoms with Crippen LogP contribution in [0, 0.1) is 13.8 Å². The smallest absolute Gasteiger partial charge is 0.392 e. The summed E-state index contributed by atoms with van der Waals surface area (Å²) < 4.78 is 79.4. The molecular weight excluding hydrogens is 410 g/mol. The van der Waals surface area contributed by atoms with Crippen molar-refractivity contribution in [1.29, 1.82) is 0 Å². The molecule has 0 unspecified atom stereocenters. The Labute approximate surface area is 173 Å². The summed E-state index contributed by atoms with van der Waals surface area (Å²) in [6.07, 6.45) is -7.94. The number of hydrogen-bond donors (Lipinski definition) is 1. The van der Waals surface area contributed by atoms with Crippen LogP contribution in [-0.4, -0.2) is 14.9 Å². The van der Waals surface area contributed by atoms with Crippen LogP contribution in [0.5, 0.6) is 0 Å². The van der Waals surface area contributed by atoms with Gasteiger partial charge in [-0.2, -0.15) is 31.4 Å². The Hall–Kier alpha value is -2.03. The number of halogens is 6. The van der Waals surface area contributed by atoms with Crippen LogP contribution in [0.1, 0.15) is 68.5 Å². The Bertz CT molecular complexity index is 805. The van der Waals surface area contributed by atoms with Gasteiger partial charge < -0.3 is 5.11 Å². The molecule has 0 aliphatic rings. The minimum absolute atomic E-state index is 0.0944. The van der Waals surface area contributed by atoms with Crippen molar-refractivity contribution in [3.63, 3.8) is 0 Å². The van der Waals surface area contributed by atoms with Gasteiger partial charge >= 0.3 is 12.4 Å². The summed E-state index contributed by atoms with van der Waals surface area (Å²) in [5.74, 6) is 0. The zero-order valence-corrected chi connectivity index (χ0v) is 18.4. The summed E-state index contributed by atoms with van der Waals surface area (Å²) in [7, 11) is 0.818. The molecule has 0 saturated carbocycles. The molecule has 0 bridgehead atoms. The van der Waals surface area contributed by atoms with Crippen molar-refractivity contribution in [2.24, 2.45) is 7.05 Å². The summed E-state index contributed by atoms with van der Waals surface area (Å²) in [6.45, 7) is 11.2. The van der Waals surface area contributed by atoms with E-state index in [0.717, 1.165) is 7.05 Å². The molecule has 0 radical (unpaired) electrons. The summed E-state index contributed by atoms with van der Waals surface area (Å²) >= 11 is 0. The molecule has 0 atom stereocenters. The number of rotatable bonds is 2. The highest BCUT2D eigenvalue weighted by molar-refractivity contribution is 5.70. The summed E-state index contributed by atoms with van der Waals surface area (Å²) in [5, 5.41) is 12.7. The van der Waals surface area contributed by atoms with E-state index in [1.165, 1.54) is 31.9 Å². The second kappa shape index (κ2) is 11.4. The molecule has 3 nitrogen and oxygen atoms in total. The first-order valence-corrected chi connectivity index (χ1v) is 9.63. The molecule has 0 fully saturated rings. The molecule has 0 spiro atoms. The molecule has 2 rings (SSSR count). The molecule has 1 N–H and O–H groups in total. The van der Waals surface area contributed by atoms with Crippen LogP contribution in [0.25, 0.3) is 11.3 Å². The van der Waals surface area contributed by atoms with Gasteiger partial charge in [0.25, 0.3) is 0 Å². The maximum absolute atomic E-state index is 13.3. The molecule has 1 heterocycles. The number of benzene rings is 1. The molecule has 9 heteroatoms. The number of nitrogens with zero attached hydrogens (tertiary/aromatic N) is 2. The van der Waals surface area contributed by atoms with Crippen LogP contribution >= 0.6 is 0 Å². The van der Waals surface area contributed by atoms with Gasteiger partial charge in [0.15, 0.2) is 5.69 Å². The van der Waals surface area contributed by atoms with Gasteiger partial charge in [0.05, 0.1) is 6.61 Å². The lowest BCUT2D eigenvalue weighted by Crippen LogP contribution is -2.19. The molecule has 0 amide bonds. The number of alkyl halides is 6. The predicted molar refractivity (Wildman–Crippen MR) is 106 cm³/mol. The van der Waals surface area contributed by atoms with Crippen molar-refractivity contribution in [3.8, 4) is 11.3 Å². The Morgan fingerprint density at radius 3 is 1.70 bits per heavy atom. The van der Waals surface area contributed by atoms with Crippen LogP contribution in [-0.2, 0) is 26.0 Å². The van der Waals surface area contributed by atoms with E-state index >= 15 is 0 Å². The van der Waals surface area contributed by atoms with Crippen molar-refractivity contribution >= 4 is 0 Å². The lowest BCUT2D eigenvalue weighted by molar-refractivity contribution is -0.165. The molecule has 2 aromatic rings. The summed E-state index contributed by atoms with van der Waals surface area (Å²) in [5.41, 5.74) is -3.29. The monoisotopic (exact) mass is 440 g/mol. The number of aliphatic hydroxyl groups excluding tert-OH is 1. The number of hydrogen-bond acceptors (Lipinski definition) is 2. The van der Waals surface area contributed by atoms with Gasteiger partial charge in [-0.05, 0) is 36.6 Å². The second-order valence-electron chi connectivity index (χ2n) is 6.86. The topological polar surface area (TPSA) is 38.0 Å². The Morgan fingerprint density at radius 2 is 1.33 bits per heavy atom. The third kappa shape index (κ3) is 7.04. The first-order chi connectivity index (χ1) is 13.7. The van der Waals surface area contributed by atoms with Gasteiger partial charge in [0.1, 0.15) is 11.3 Å². The number of aromatic nitrogens is 2. The lowest BCUT2D eigenvalue weighted by Gasteiger charge is -2.14. The molecule has 0 aliphatic carbocycles. The van der Waals surface area contributed by atoms with E-state index in [1.807, 2.05) is 0 Å². The quantitative estimate of drug-likeness (QED) is 0.508. The first kappa shape index (κ1) is 28.0. The standard InChI is InChI=1S/C15H14F6N2O.2C3H8/c1-7-4-8(2)10(5-9(7)6-24)12-11(14(16,17)18)13(15(19,20)21)23(3)22-12;2*1-3-2/h4-5,24H,6H2,1-3H3;2*3H2,1-2H3. The van der Waals surface area contributed by atoms with Crippen LogP contribution in [0.2, 0.25) is 0 Å². The lowest BCUT2D eigenvalue weighted by atomic mass is 9.95. The first-order valence-electron chi connectivity index (χ1n) is 9.63. The highest BCUT2D eigenvalue weighted by Crippen LogP contribution is 2.45. The van der Waals surface area contributed by atoms with Crippen molar-refractivity contribution in [2.45, 2.75) is 73.3 Å². The van der Waals surface area contributed by atoms with Gasteiger partial charge in [-0.3, -0.25) is 4.68 Å². The molecule has 1 aromatic carbocycles. The molecule has 0 aliphatic heterocycles. The van der Waals surface area contributed by atoms with E-state index in [4.69, 9.17) is 0 Å². The highest BCUT2D eigenvalue weighted by Gasteiger charge is 2.49. The van der Waals surface area contributed by atoms with Crippen LogP contribution in [0.4, 0.5) is 26.3 Å². The third-order valence-electron chi connectivity index (χ3n) is 3.71. The minimum Gasteiger partial charge on any atom is -0.392 e. The molecule has 0 saturated heterocycles. The summed E-state index contributed by atoms with van der Waals surface area (Å²) in [6, 6.07) is 2.74. The van der Waals surface area contributed by atoms with Gasteiger partial charge in [0, 0.05) is 12.6 Å². The van der Waals surface area contributed by atoms with E-state index in [-0.39, 0.29) is 10.2 Å². The average Bonchev–Trinajstić information content (AvgIpc) is 2.94. The van der Waals surface area contributed by atoms with Crippen molar-refractivity contribution in [2.75, 3.05) is 0 Å². The molecule has 172 valence electrons. The van der Waals surface area contributed by atoms with E-state index in [1.54, 1.807) is 6.92 Å². The average molecular weight is 440 g/mol. The molecule has 1 aromatic heterocycles. The summed E-state index contributed by atoms with van der Waals surface area (Å²) in [4.78, 5) is 0. The fourth-order valence-electron chi connectivity index (χ4n) is 2.63. The van der Waals surface area contributed by atoms with Crippen LogP contribution in [0.3, 0.4) is 0 Å². The van der Waals surface area contributed by atoms with E-state index in [0.29, 0.717) is 16.7 Å². The fraction of sp³-hybridized carbons (Fsp3) is 0.571. The fourth-order valence-corrected chi connectivity index (χ4v) is 2.63. The van der Waals surface area contributed by atoms with Crippen LogP contribution in [0.15, 0.2) is 12.1 Å². The van der Waals surface area contributed by atoms with E-state index < -0.39 is 35.9 Å². The zero-order chi connectivity index (χ0) is 23.9.